The van der Waals surface area contributed by atoms with Crippen LogP contribution in [0.5, 0.6) is 0 Å². The third-order valence-corrected chi connectivity index (χ3v) is 5.43. The average Bonchev–Trinajstić information content (AvgIpc) is 2.85. The fourth-order valence-electron chi connectivity index (χ4n) is 2.49. The summed E-state index contributed by atoms with van der Waals surface area (Å²) in [6.45, 7) is 0.103. The Kier molecular flexibility index (Phi) is 4.28. The normalized spacial score (nSPS) is 18.4. The van der Waals surface area contributed by atoms with Crippen LogP contribution in [0.25, 0.3) is 0 Å². The minimum absolute atomic E-state index is 0.0839. The van der Waals surface area contributed by atoms with Crippen LogP contribution >= 0.6 is 0 Å². The average molecular weight is 300 g/mol. The summed E-state index contributed by atoms with van der Waals surface area (Å²) in [4.78, 5) is 3.97. The van der Waals surface area contributed by atoms with Crippen LogP contribution in [0.1, 0.15) is 25.7 Å². The first-order valence-corrected chi connectivity index (χ1v) is 7.93. The molecule has 1 aromatic rings. The van der Waals surface area contributed by atoms with Crippen LogP contribution < -0.4 is 11.3 Å². The molecule has 1 saturated carbocycles. The Morgan fingerprint density at radius 2 is 2.10 bits per heavy atom. The number of hydrazine groups is 1. The highest BCUT2D eigenvalue weighted by atomic mass is 32.2. The number of nitrogen functional groups attached to an aromatic ring is 1. The van der Waals surface area contributed by atoms with Gasteiger partial charge < -0.3 is 10.5 Å². The van der Waals surface area contributed by atoms with Crippen molar-refractivity contribution < 1.29 is 13.5 Å². The minimum Gasteiger partial charge on any atom is -0.389 e. The van der Waals surface area contributed by atoms with E-state index in [0.717, 1.165) is 12.8 Å². The third-order valence-electron chi connectivity index (χ3n) is 3.64. The number of likely N-dealkylation sites (N-methyl/N-ethyl adjacent to an activating group) is 1. The Labute approximate surface area is 118 Å². The predicted molar refractivity (Wildman–Crippen MR) is 75.3 cm³/mol. The van der Waals surface area contributed by atoms with Crippen LogP contribution in [0.15, 0.2) is 23.2 Å². The molecule has 1 aliphatic rings. The zero-order valence-electron chi connectivity index (χ0n) is 11.4. The highest BCUT2D eigenvalue weighted by Gasteiger charge is 2.35. The zero-order valence-corrected chi connectivity index (χ0v) is 12.2. The molecule has 1 aliphatic carbocycles. The molecule has 0 radical (unpaired) electrons. The summed E-state index contributed by atoms with van der Waals surface area (Å²) in [6.07, 6.45) is 4.40. The summed E-state index contributed by atoms with van der Waals surface area (Å²) in [6, 6.07) is 2.93. The molecule has 4 N–H and O–H groups in total. The topological polar surface area (TPSA) is 109 Å². The Balaban J connectivity index is 2.15. The first-order chi connectivity index (χ1) is 9.37. The van der Waals surface area contributed by atoms with Crippen molar-refractivity contribution in [3.63, 3.8) is 0 Å². The molecule has 1 aromatic heterocycles. The summed E-state index contributed by atoms with van der Waals surface area (Å²) < 4.78 is 26.0. The molecule has 7 nitrogen and oxygen atoms in total. The van der Waals surface area contributed by atoms with Gasteiger partial charge in [0, 0.05) is 19.8 Å². The summed E-state index contributed by atoms with van der Waals surface area (Å²) in [5, 5.41) is 10.3. The number of pyridine rings is 1. The first-order valence-electron chi connectivity index (χ1n) is 6.49. The Morgan fingerprint density at radius 1 is 1.45 bits per heavy atom. The van der Waals surface area contributed by atoms with Crippen LogP contribution in [0.2, 0.25) is 0 Å². The number of aromatic nitrogens is 1. The number of aliphatic hydroxyl groups is 1. The molecule has 2 rings (SSSR count). The second-order valence-corrected chi connectivity index (χ2v) is 7.26. The second-order valence-electron chi connectivity index (χ2n) is 5.22. The maximum absolute atomic E-state index is 12.4. The van der Waals surface area contributed by atoms with Gasteiger partial charge in [-0.15, -0.1) is 0 Å². The van der Waals surface area contributed by atoms with Crippen LogP contribution in [0.4, 0.5) is 5.82 Å². The molecule has 8 heteroatoms. The summed E-state index contributed by atoms with van der Waals surface area (Å²) in [5.74, 6) is 5.58. The quantitative estimate of drug-likeness (QED) is 0.533. The number of sulfonamides is 1. The van der Waals surface area contributed by atoms with Crippen molar-refractivity contribution in [3.8, 4) is 0 Å². The van der Waals surface area contributed by atoms with Gasteiger partial charge in [-0.3, -0.25) is 0 Å². The smallest absolute Gasteiger partial charge is 0.244 e. The van der Waals surface area contributed by atoms with Crippen molar-refractivity contribution in [2.45, 2.75) is 36.2 Å². The fraction of sp³-hybridized carbons (Fsp3) is 0.583. The molecular formula is C12H20N4O3S. The van der Waals surface area contributed by atoms with Gasteiger partial charge in [0.05, 0.1) is 5.60 Å². The van der Waals surface area contributed by atoms with Gasteiger partial charge in [0.25, 0.3) is 0 Å². The molecule has 0 atom stereocenters. The predicted octanol–water partition coefficient (Wildman–Crippen LogP) is 0.293. The maximum Gasteiger partial charge on any atom is 0.244 e. The van der Waals surface area contributed by atoms with E-state index in [2.05, 4.69) is 10.4 Å². The van der Waals surface area contributed by atoms with Gasteiger partial charge in [0.15, 0.2) is 0 Å². The van der Waals surface area contributed by atoms with Crippen molar-refractivity contribution in [2.24, 2.45) is 5.84 Å². The van der Waals surface area contributed by atoms with Crippen LogP contribution in [0, 0.1) is 0 Å². The second kappa shape index (κ2) is 5.65. The van der Waals surface area contributed by atoms with Crippen molar-refractivity contribution in [3.05, 3.63) is 18.3 Å². The molecular weight excluding hydrogens is 280 g/mol. The summed E-state index contributed by atoms with van der Waals surface area (Å²) in [7, 11) is -2.17. The monoisotopic (exact) mass is 300 g/mol. The molecule has 20 heavy (non-hydrogen) atoms. The summed E-state index contributed by atoms with van der Waals surface area (Å²) >= 11 is 0. The number of rotatable bonds is 5. The zero-order chi connectivity index (χ0) is 14.8. The number of nitrogens with zero attached hydrogens (tertiary/aromatic N) is 2. The Bertz CT molecular complexity index is 553. The number of hydrogen-bond acceptors (Lipinski definition) is 6. The van der Waals surface area contributed by atoms with E-state index in [9.17, 15) is 13.5 Å². The van der Waals surface area contributed by atoms with Gasteiger partial charge >= 0.3 is 0 Å². The Hall–Kier alpha value is -1.22. The van der Waals surface area contributed by atoms with E-state index in [1.165, 1.54) is 29.7 Å². The minimum atomic E-state index is -3.65. The van der Waals surface area contributed by atoms with Gasteiger partial charge in [-0.1, -0.05) is 12.8 Å². The number of nitrogens with two attached hydrogens (primary N) is 1. The van der Waals surface area contributed by atoms with E-state index < -0.39 is 15.6 Å². The molecule has 0 bridgehead atoms. The lowest BCUT2D eigenvalue weighted by atomic mass is 10.0. The van der Waals surface area contributed by atoms with Crippen LogP contribution in [0.3, 0.4) is 0 Å². The van der Waals surface area contributed by atoms with Gasteiger partial charge in [-0.05, 0) is 25.0 Å². The SMILES string of the molecule is CN(CC1(O)CCCC1)S(=O)(=O)c1ccc(NN)nc1. The molecule has 0 spiro atoms. The van der Waals surface area contributed by atoms with Crippen LogP contribution in [-0.4, -0.2) is 42.0 Å². The molecule has 1 heterocycles. The molecule has 0 saturated heterocycles. The molecule has 0 amide bonds. The highest BCUT2D eigenvalue weighted by Crippen LogP contribution is 2.31. The van der Waals surface area contributed by atoms with Gasteiger partial charge in [0.2, 0.25) is 10.0 Å². The number of nitrogens with one attached hydrogen (secondary N) is 1. The fourth-order valence-corrected chi connectivity index (χ4v) is 3.68. The molecule has 0 unspecified atom stereocenters. The van der Waals surface area contributed by atoms with Crippen LogP contribution in [-0.2, 0) is 10.0 Å². The highest BCUT2D eigenvalue weighted by molar-refractivity contribution is 7.89. The lowest BCUT2D eigenvalue weighted by molar-refractivity contribution is 0.0333. The lowest BCUT2D eigenvalue weighted by Crippen LogP contribution is -2.42. The maximum atomic E-state index is 12.4. The third kappa shape index (κ3) is 3.09. The van der Waals surface area contributed by atoms with E-state index in [4.69, 9.17) is 5.84 Å². The van der Waals surface area contributed by atoms with Gasteiger partial charge in [0.1, 0.15) is 10.7 Å². The van der Waals surface area contributed by atoms with Crippen molar-refractivity contribution in [2.75, 3.05) is 19.0 Å². The van der Waals surface area contributed by atoms with E-state index in [0.29, 0.717) is 18.7 Å². The van der Waals surface area contributed by atoms with E-state index in [1.54, 1.807) is 0 Å². The first kappa shape index (κ1) is 15.2. The van der Waals surface area contributed by atoms with Gasteiger partial charge in [-0.25, -0.2) is 19.2 Å². The molecule has 0 aliphatic heterocycles. The molecule has 1 fully saturated rings. The van der Waals surface area contributed by atoms with Crippen molar-refractivity contribution in [1.82, 2.24) is 9.29 Å². The Morgan fingerprint density at radius 3 is 2.60 bits per heavy atom. The van der Waals surface area contributed by atoms with E-state index in [1.807, 2.05) is 0 Å². The lowest BCUT2D eigenvalue weighted by Gasteiger charge is -2.28. The van der Waals surface area contributed by atoms with E-state index in [-0.39, 0.29) is 11.4 Å². The largest absolute Gasteiger partial charge is 0.389 e. The van der Waals surface area contributed by atoms with Gasteiger partial charge in [-0.2, -0.15) is 4.31 Å². The molecule has 0 aromatic carbocycles. The number of hydrogen-bond donors (Lipinski definition) is 3. The number of anilines is 1. The van der Waals surface area contributed by atoms with E-state index >= 15 is 0 Å². The summed E-state index contributed by atoms with van der Waals surface area (Å²) in [5.41, 5.74) is 1.43. The molecule has 112 valence electrons. The van der Waals surface area contributed by atoms with Crippen molar-refractivity contribution >= 4 is 15.8 Å². The van der Waals surface area contributed by atoms with Crippen molar-refractivity contribution in [1.29, 1.82) is 0 Å². The standard InChI is InChI=1S/C12H20N4O3S/c1-16(9-12(17)6-2-3-7-12)20(18,19)10-4-5-11(15-13)14-8-10/h4-5,8,17H,2-3,6-7,9,13H2,1H3,(H,14,15).